The predicted octanol–water partition coefficient (Wildman–Crippen LogP) is 4.46. The fourth-order valence-electron chi connectivity index (χ4n) is 4.67. The molecule has 37 heavy (non-hydrogen) atoms. The van der Waals surface area contributed by atoms with Crippen LogP contribution < -0.4 is 19.5 Å². The van der Waals surface area contributed by atoms with E-state index >= 15 is 0 Å². The molecule has 192 valence electrons. The van der Waals surface area contributed by atoms with Crippen molar-refractivity contribution in [1.29, 1.82) is 0 Å². The molecule has 7 heteroatoms. The van der Waals surface area contributed by atoms with E-state index in [1.165, 1.54) is 6.92 Å². The summed E-state index contributed by atoms with van der Waals surface area (Å²) in [6.07, 6.45) is 4.94. The van der Waals surface area contributed by atoms with Gasteiger partial charge in [-0.1, -0.05) is 42.5 Å². The Hall–Kier alpha value is -3.81. The van der Waals surface area contributed by atoms with E-state index in [2.05, 4.69) is 36.5 Å². The van der Waals surface area contributed by atoms with E-state index in [4.69, 9.17) is 14.2 Å². The third-order valence-electron chi connectivity index (χ3n) is 7.01. The van der Waals surface area contributed by atoms with Crippen LogP contribution in [0.1, 0.15) is 34.7 Å². The van der Waals surface area contributed by atoms with Crippen LogP contribution in [0, 0.1) is 6.92 Å². The summed E-state index contributed by atoms with van der Waals surface area (Å²) in [5.74, 6) is 1.31. The molecule has 1 unspecified atom stereocenters. The largest absolute Gasteiger partial charge is 0.492 e. The SMILES string of the molecule is Cc1c(C=Cc2cc(CNC(C)(CO)C(=O)O)cc3c2OCC3)cccc1-c1ccc2c(c1)OCCO2. The molecule has 0 saturated carbocycles. The molecule has 2 heterocycles. The van der Waals surface area contributed by atoms with Gasteiger partial charge in [-0.2, -0.15) is 0 Å². The lowest BCUT2D eigenvalue weighted by Gasteiger charge is -2.24. The summed E-state index contributed by atoms with van der Waals surface area (Å²) >= 11 is 0. The average molecular weight is 502 g/mol. The van der Waals surface area contributed by atoms with Gasteiger partial charge in [0.25, 0.3) is 0 Å². The van der Waals surface area contributed by atoms with Crippen LogP contribution in [-0.2, 0) is 17.8 Å². The highest BCUT2D eigenvalue weighted by molar-refractivity contribution is 5.80. The average Bonchev–Trinajstić information content (AvgIpc) is 3.39. The van der Waals surface area contributed by atoms with Crippen LogP contribution >= 0.6 is 0 Å². The standard InChI is InChI=1S/C30H31NO6/c1-19-21(4-3-5-25(19)22-8-9-26-27(16-22)36-13-12-35-26)6-7-23-14-20(15-24-10-11-37-28(23)24)17-31-30(2,18-32)29(33)34/h3-9,14-16,31-32H,10-13,17-18H2,1-2H3,(H,33,34). The van der Waals surface area contributed by atoms with E-state index in [1.807, 2.05) is 36.4 Å². The van der Waals surface area contributed by atoms with Crippen molar-refractivity contribution >= 4 is 18.1 Å². The second-order valence-electron chi connectivity index (χ2n) is 9.63. The zero-order valence-corrected chi connectivity index (χ0v) is 21.0. The number of fused-ring (bicyclic) bond motifs is 2. The van der Waals surface area contributed by atoms with Crippen molar-refractivity contribution in [3.63, 3.8) is 0 Å². The molecule has 0 aromatic heterocycles. The van der Waals surface area contributed by atoms with Crippen LogP contribution in [0.25, 0.3) is 23.3 Å². The van der Waals surface area contributed by atoms with Crippen molar-refractivity contribution in [2.24, 2.45) is 0 Å². The summed E-state index contributed by atoms with van der Waals surface area (Å²) in [5.41, 5.74) is 5.99. The second-order valence-corrected chi connectivity index (χ2v) is 9.63. The quantitative estimate of drug-likeness (QED) is 0.392. The molecule has 0 fully saturated rings. The summed E-state index contributed by atoms with van der Waals surface area (Å²) in [6.45, 7) is 5.14. The molecule has 0 radical (unpaired) electrons. The summed E-state index contributed by atoms with van der Waals surface area (Å²) in [6, 6.07) is 16.3. The van der Waals surface area contributed by atoms with Crippen LogP contribution in [0.3, 0.4) is 0 Å². The Labute approximate surface area is 216 Å². The summed E-state index contributed by atoms with van der Waals surface area (Å²) in [4.78, 5) is 11.6. The van der Waals surface area contributed by atoms with Crippen molar-refractivity contribution in [2.75, 3.05) is 26.4 Å². The molecular formula is C30H31NO6. The topological polar surface area (TPSA) is 97.3 Å². The highest BCUT2D eigenvalue weighted by Gasteiger charge is 2.31. The Kier molecular flexibility index (Phi) is 6.91. The Balaban J connectivity index is 1.43. The summed E-state index contributed by atoms with van der Waals surface area (Å²) in [5, 5.41) is 22.0. The van der Waals surface area contributed by atoms with Crippen molar-refractivity contribution in [3.8, 4) is 28.4 Å². The van der Waals surface area contributed by atoms with Gasteiger partial charge in [0, 0.05) is 18.5 Å². The number of benzene rings is 3. The van der Waals surface area contributed by atoms with Gasteiger partial charge >= 0.3 is 5.97 Å². The minimum Gasteiger partial charge on any atom is -0.492 e. The Morgan fingerprint density at radius 3 is 2.57 bits per heavy atom. The van der Waals surface area contributed by atoms with Gasteiger partial charge in [-0.3, -0.25) is 10.1 Å². The van der Waals surface area contributed by atoms with Gasteiger partial charge in [0.2, 0.25) is 0 Å². The normalized spacial score (nSPS) is 15.8. The lowest BCUT2D eigenvalue weighted by molar-refractivity contribution is -0.145. The van der Waals surface area contributed by atoms with Gasteiger partial charge in [-0.15, -0.1) is 0 Å². The van der Waals surface area contributed by atoms with Crippen molar-refractivity contribution in [3.05, 3.63) is 76.3 Å². The molecule has 7 nitrogen and oxygen atoms in total. The van der Waals surface area contributed by atoms with Crippen LogP contribution in [0.4, 0.5) is 0 Å². The molecule has 0 bridgehead atoms. The van der Waals surface area contributed by atoms with Gasteiger partial charge < -0.3 is 24.4 Å². The lowest BCUT2D eigenvalue weighted by atomic mass is 9.95. The molecule has 1 atom stereocenters. The fraction of sp³-hybridized carbons (Fsp3) is 0.300. The highest BCUT2D eigenvalue weighted by atomic mass is 16.6. The van der Waals surface area contributed by atoms with Gasteiger partial charge in [0.05, 0.1) is 13.2 Å². The van der Waals surface area contributed by atoms with E-state index in [0.717, 1.165) is 62.6 Å². The van der Waals surface area contributed by atoms with E-state index in [-0.39, 0.29) is 0 Å². The molecule has 2 aliphatic rings. The van der Waals surface area contributed by atoms with Gasteiger partial charge in [-0.25, -0.2) is 0 Å². The predicted molar refractivity (Wildman–Crippen MR) is 142 cm³/mol. The summed E-state index contributed by atoms with van der Waals surface area (Å²) in [7, 11) is 0. The lowest BCUT2D eigenvalue weighted by Crippen LogP contribution is -2.52. The maximum atomic E-state index is 11.6. The van der Waals surface area contributed by atoms with Crippen LogP contribution in [0.5, 0.6) is 17.2 Å². The molecule has 2 aliphatic heterocycles. The number of ether oxygens (including phenoxy) is 3. The molecule has 3 aromatic carbocycles. The smallest absolute Gasteiger partial charge is 0.326 e. The van der Waals surface area contributed by atoms with Crippen LogP contribution in [0.15, 0.2) is 48.5 Å². The third kappa shape index (κ3) is 5.05. The van der Waals surface area contributed by atoms with E-state index < -0.39 is 18.1 Å². The Bertz CT molecular complexity index is 1360. The Morgan fingerprint density at radius 2 is 1.78 bits per heavy atom. The maximum absolute atomic E-state index is 11.6. The molecule has 5 rings (SSSR count). The van der Waals surface area contributed by atoms with Gasteiger partial charge in [0.15, 0.2) is 11.5 Å². The van der Waals surface area contributed by atoms with Gasteiger partial charge in [-0.05, 0) is 65.4 Å². The number of nitrogens with one attached hydrogen (secondary N) is 1. The highest BCUT2D eigenvalue weighted by Crippen LogP contribution is 2.37. The molecular weight excluding hydrogens is 470 g/mol. The number of hydrogen-bond acceptors (Lipinski definition) is 6. The second kappa shape index (κ2) is 10.3. The number of aliphatic carboxylic acids is 1. The number of rotatable bonds is 8. The number of carboxylic acids is 1. The molecule has 3 N–H and O–H groups in total. The Morgan fingerprint density at radius 1 is 1.00 bits per heavy atom. The fourth-order valence-corrected chi connectivity index (χ4v) is 4.67. The number of carbonyl (C=O) groups is 1. The first-order valence-corrected chi connectivity index (χ1v) is 12.4. The van der Waals surface area contributed by atoms with Crippen LogP contribution in [0.2, 0.25) is 0 Å². The monoisotopic (exact) mass is 501 g/mol. The minimum absolute atomic E-state index is 0.316. The van der Waals surface area contributed by atoms with Crippen molar-refractivity contribution < 1.29 is 29.2 Å². The number of aliphatic hydroxyl groups is 1. The zero-order valence-electron chi connectivity index (χ0n) is 21.0. The number of aliphatic hydroxyl groups excluding tert-OH is 1. The van der Waals surface area contributed by atoms with E-state index in [9.17, 15) is 15.0 Å². The molecule has 0 saturated heterocycles. The van der Waals surface area contributed by atoms with Crippen molar-refractivity contribution in [1.82, 2.24) is 5.32 Å². The third-order valence-corrected chi connectivity index (χ3v) is 7.01. The first kappa shape index (κ1) is 24.9. The van der Waals surface area contributed by atoms with E-state index in [1.54, 1.807) is 0 Å². The first-order valence-electron chi connectivity index (χ1n) is 12.4. The van der Waals surface area contributed by atoms with Crippen LogP contribution in [-0.4, -0.2) is 48.1 Å². The minimum atomic E-state index is -1.41. The maximum Gasteiger partial charge on any atom is 0.326 e. The number of carboxylic acid groups (broad SMARTS) is 1. The molecule has 0 spiro atoms. The molecule has 0 aliphatic carbocycles. The van der Waals surface area contributed by atoms with Crippen molar-refractivity contribution in [2.45, 2.75) is 32.4 Å². The molecule has 3 aromatic rings. The summed E-state index contributed by atoms with van der Waals surface area (Å²) < 4.78 is 17.4. The molecule has 0 amide bonds. The van der Waals surface area contributed by atoms with Gasteiger partial charge in [0.1, 0.15) is 24.5 Å². The zero-order chi connectivity index (χ0) is 26.0. The number of hydrogen-bond donors (Lipinski definition) is 3. The van der Waals surface area contributed by atoms with E-state index in [0.29, 0.717) is 26.4 Å². The first-order chi connectivity index (χ1) is 17.9.